The van der Waals surface area contributed by atoms with Crippen molar-refractivity contribution >= 4 is 23.0 Å². The first-order valence-electron chi connectivity index (χ1n) is 11.1. The minimum atomic E-state index is -0.480. The van der Waals surface area contributed by atoms with Crippen molar-refractivity contribution in [3.05, 3.63) is 135 Å². The van der Waals surface area contributed by atoms with Crippen LogP contribution in [0.25, 0.3) is 0 Å². The van der Waals surface area contributed by atoms with Gasteiger partial charge in [-0.25, -0.2) is 0 Å². The maximum Gasteiger partial charge on any atom is 0.269 e. The first-order valence-corrected chi connectivity index (χ1v) is 11.1. The largest absolute Gasteiger partial charge is 0.342 e. The summed E-state index contributed by atoms with van der Waals surface area (Å²) in [5, 5.41) is 11.3. The molecule has 0 saturated heterocycles. The number of rotatable bonds is 5. The lowest BCUT2D eigenvalue weighted by molar-refractivity contribution is -0.384. The van der Waals surface area contributed by atoms with Gasteiger partial charge in [-0.2, -0.15) is 0 Å². The lowest BCUT2D eigenvalue weighted by Gasteiger charge is -2.46. The molecular formula is C28H23N3O3. The van der Waals surface area contributed by atoms with E-state index >= 15 is 0 Å². The molecule has 6 nitrogen and oxygen atoms in total. The van der Waals surface area contributed by atoms with Crippen LogP contribution in [-0.2, 0) is 6.54 Å². The van der Waals surface area contributed by atoms with E-state index in [4.69, 9.17) is 0 Å². The van der Waals surface area contributed by atoms with Gasteiger partial charge >= 0.3 is 0 Å². The zero-order valence-corrected chi connectivity index (χ0v) is 18.7. The highest BCUT2D eigenvalue weighted by Crippen LogP contribution is 2.42. The Morgan fingerprint density at radius 2 is 1.47 bits per heavy atom. The minimum absolute atomic E-state index is 0.0165. The molecule has 0 N–H and O–H groups in total. The smallest absolute Gasteiger partial charge is 0.269 e. The maximum absolute atomic E-state index is 13.9. The highest BCUT2D eigenvalue weighted by molar-refractivity contribution is 6.12. The van der Waals surface area contributed by atoms with Crippen LogP contribution in [0.2, 0.25) is 0 Å². The number of benzene rings is 4. The lowest BCUT2D eigenvalue weighted by Crippen LogP contribution is -2.49. The summed E-state index contributed by atoms with van der Waals surface area (Å²) in [5.74, 6) is -0.105. The first kappa shape index (κ1) is 21.4. The molecule has 4 aromatic rings. The fourth-order valence-corrected chi connectivity index (χ4v) is 4.43. The zero-order valence-electron chi connectivity index (χ0n) is 18.7. The van der Waals surface area contributed by atoms with Gasteiger partial charge in [0.25, 0.3) is 11.6 Å². The van der Waals surface area contributed by atoms with Crippen molar-refractivity contribution < 1.29 is 9.72 Å². The molecule has 0 radical (unpaired) electrons. The van der Waals surface area contributed by atoms with E-state index in [9.17, 15) is 14.9 Å². The second-order valence-corrected chi connectivity index (χ2v) is 8.36. The molecule has 0 bridgehead atoms. The monoisotopic (exact) mass is 449 g/mol. The summed E-state index contributed by atoms with van der Waals surface area (Å²) in [6.07, 6.45) is -0.480. The Morgan fingerprint density at radius 3 is 2.15 bits per heavy atom. The number of aryl methyl sites for hydroxylation is 1. The molecule has 0 saturated carbocycles. The predicted octanol–water partition coefficient (Wildman–Crippen LogP) is 6.27. The molecule has 4 aromatic carbocycles. The van der Waals surface area contributed by atoms with Gasteiger partial charge in [0.05, 0.1) is 16.2 Å². The Kier molecular flexibility index (Phi) is 5.55. The summed E-state index contributed by atoms with van der Waals surface area (Å²) in [4.78, 5) is 28.7. The number of carbonyl (C=O) groups excluding carboxylic acids is 1. The molecule has 168 valence electrons. The number of anilines is 2. The SMILES string of the molecule is Cc1ccc(N2C(=O)c3ccccc3N(Cc3ccccc3)[C@@H]2c2ccc([N+](=O)[O-])cc2)cc1. The number of nitro benzene ring substituents is 1. The number of hydrogen-bond donors (Lipinski definition) is 0. The summed E-state index contributed by atoms with van der Waals surface area (Å²) in [5.41, 5.74) is 5.24. The van der Waals surface area contributed by atoms with E-state index in [1.165, 1.54) is 12.1 Å². The van der Waals surface area contributed by atoms with Crippen molar-refractivity contribution in [3.8, 4) is 0 Å². The molecule has 1 aliphatic rings. The number of nitrogens with zero attached hydrogens (tertiary/aromatic N) is 3. The fourth-order valence-electron chi connectivity index (χ4n) is 4.43. The highest BCUT2D eigenvalue weighted by Gasteiger charge is 2.39. The molecule has 0 fully saturated rings. The summed E-state index contributed by atoms with van der Waals surface area (Å²) >= 11 is 0. The Hall–Kier alpha value is -4.45. The number of carbonyl (C=O) groups is 1. The van der Waals surface area contributed by atoms with Gasteiger partial charge in [0, 0.05) is 24.4 Å². The van der Waals surface area contributed by atoms with Crippen molar-refractivity contribution in [1.82, 2.24) is 0 Å². The summed E-state index contributed by atoms with van der Waals surface area (Å²) in [6.45, 7) is 2.57. The van der Waals surface area contributed by atoms with E-state index in [1.54, 1.807) is 17.0 Å². The van der Waals surface area contributed by atoms with Crippen LogP contribution in [0.4, 0.5) is 17.1 Å². The van der Waals surface area contributed by atoms with Crippen molar-refractivity contribution in [3.63, 3.8) is 0 Å². The van der Waals surface area contributed by atoms with Gasteiger partial charge in [-0.3, -0.25) is 19.8 Å². The second-order valence-electron chi connectivity index (χ2n) is 8.36. The molecular weight excluding hydrogens is 426 g/mol. The van der Waals surface area contributed by atoms with Crippen molar-refractivity contribution in [2.75, 3.05) is 9.80 Å². The van der Waals surface area contributed by atoms with E-state index in [0.717, 1.165) is 28.1 Å². The Morgan fingerprint density at radius 1 is 0.824 bits per heavy atom. The third-order valence-electron chi connectivity index (χ3n) is 6.11. The molecule has 1 heterocycles. The number of non-ortho nitro benzene ring substituents is 1. The second kappa shape index (κ2) is 8.83. The van der Waals surface area contributed by atoms with Crippen molar-refractivity contribution in [1.29, 1.82) is 0 Å². The van der Waals surface area contributed by atoms with Crippen LogP contribution in [-0.4, -0.2) is 10.8 Å². The normalized spacial score (nSPS) is 15.2. The molecule has 6 heteroatoms. The Balaban J connectivity index is 1.71. The highest BCUT2D eigenvalue weighted by atomic mass is 16.6. The average molecular weight is 450 g/mol. The quantitative estimate of drug-likeness (QED) is 0.266. The molecule has 34 heavy (non-hydrogen) atoms. The number of amides is 1. The molecule has 0 aliphatic carbocycles. The van der Waals surface area contributed by atoms with E-state index in [1.807, 2.05) is 73.7 Å². The van der Waals surface area contributed by atoms with Crippen molar-refractivity contribution in [2.45, 2.75) is 19.6 Å². The third kappa shape index (κ3) is 3.90. The first-order chi connectivity index (χ1) is 16.5. The molecule has 1 aliphatic heterocycles. The van der Waals surface area contributed by atoms with Gasteiger partial charge < -0.3 is 4.90 Å². The molecule has 0 unspecified atom stereocenters. The third-order valence-corrected chi connectivity index (χ3v) is 6.11. The van der Waals surface area contributed by atoms with E-state index in [2.05, 4.69) is 17.0 Å². The summed E-state index contributed by atoms with van der Waals surface area (Å²) < 4.78 is 0. The molecule has 1 amide bonds. The maximum atomic E-state index is 13.9. The molecule has 0 aromatic heterocycles. The lowest BCUT2D eigenvalue weighted by atomic mass is 9.98. The number of nitro groups is 1. The van der Waals surface area contributed by atoms with E-state index in [0.29, 0.717) is 12.1 Å². The van der Waals surface area contributed by atoms with Crippen LogP contribution in [0, 0.1) is 17.0 Å². The topological polar surface area (TPSA) is 66.7 Å². The molecule has 0 spiro atoms. The van der Waals surface area contributed by atoms with Crippen LogP contribution in [0.5, 0.6) is 0 Å². The van der Waals surface area contributed by atoms with Gasteiger partial charge in [-0.15, -0.1) is 0 Å². The Labute approximate surface area is 197 Å². The van der Waals surface area contributed by atoms with Crippen LogP contribution >= 0.6 is 0 Å². The summed E-state index contributed by atoms with van der Waals surface area (Å²) in [7, 11) is 0. The standard InChI is InChI=1S/C28H23N3O3/c1-20-11-15-23(16-12-20)30-27(22-13-17-24(18-14-22)31(33)34)29(19-21-7-3-2-4-8-21)26-10-6-5-9-25(26)28(30)32/h2-18,27H,19H2,1H3/t27-/m0/s1. The summed E-state index contributed by atoms with van der Waals surface area (Å²) in [6, 6.07) is 32.0. The van der Waals surface area contributed by atoms with Gasteiger partial charge in [0.15, 0.2) is 0 Å². The van der Waals surface area contributed by atoms with Gasteiger partial charge in [-0.05, 0) is 54.4 Å². The average Bonchev–Trinajstić information content (AvgIpc) is 2.87. The molecule has 5 rings (SSSR count). The van der Waals surface area contributed by atoms with E-state index in [-0.39, 0.29) is 11.6 Å². The van der Waals surface area contributed by atoms with Gasteiger partial charge in [0.2, 0.25) is 0 Å². The zero-order chi connectivity index (χ0) is 23.7. The predicted molar refractivity (Wildman–Crippen MR) is 133 cm³/mol. The fraction of sp³-hybridized carbons (Fsp3) is 0.107. The van der Waals surface area contributed by atoms with Crippen LogP contribution in [0.1, 0.15) is 33.2 Å². The van der Waals surface area contributed by atoms with Crippen LogP contribution < -0.4 is 9.80 Å². The Bertz CT molecular complexity index is 1340. The molecule has 1 atom stereocenters. The number of fused-ring (bicyclic) bond motifs is 1. The van der Waals surface area contributed by atoms with Crippen molar-refractivity contribution in [2.24, 2.45) is 0 Å². The van der Waals surface area contributed by atoms with Gasteiger partial charge in [-0.1, -0.05) is 60.2 Å². The van der Waals surface area contributed by atoms with Crippen LogP contribution in [0.15, 0.2) is 103 Å². The van der Waals surface area contributed by atoms with Gasteiger partial charge in [0.1, 0.15) is 6.17 Å². The van der Waals surface area contributed by atoms with E-state index < -0.39 is 11.1 Å². The number of hydrogen-bond acceptors (Lipinski definition) is 4. The number of para-hydroxylation sites is 1. The van der Waals surface area contributed by atoms with Crippen LogP contribution in [0.3, 0.4) is 0 Å². The minimum Gasteiger partial charge on any atom is -0.342 e.